The summed E-state index contributed by atoms with van der Waals surface area (Å²) in [4.78, 5) is 0. The SMILES string of the molecule is OC(CNCC=Cc1ccccc1)C1CCCC1. The van der Waals surface area contributed by atoms with E-state index in [1.54, 1.807) is 0 Å². The largest absolute Gasteiger partial charge is 0.392 e. The second-order valence-corrected chi connectivity index (χ2v) is 5.08. The minimum atomic E-state index is -0.169. The third-order valence-electron chi connectivity index (χ3n) is 3.67. The molecule has 2 nitrogen and oxygen atoms in total. The van der Waals surface area contributed by atoms with Gasteiger partial charge in [-0.1, -0.05) is 55.3 Å². The van der Waals surface area contributed by atoms with Gasteiger partial charge in [-0.2, -0.15) is 0 Å². The van der Waals surface area contributed by atoms with Crippen molar-refractivity contribution in [2.75, 3.05) is 13.1 Å². The zero-order valence-corrected chi connectivity index (χ0v) is 10.9. The van der Waals surface area contributed by atoms with Gasteiger partial charge in [-0.3, -0.25) is 0 Å². The maximum atomic E-state index is 9.98. The predicted molar refractivity (Wildman–Crippen MR) is 76.3 cm³/mol. The second kappa shape index (κ2) is 7.34. The number of benzene rings is 1. The molecule has 0 aliphatic heterocycles. The van der Waals surface area contributed by atoms with Crippen molar-refractivity contribution in [3.63, 3.8) is 0 Å². The van der Waals surface area contributed by atoms with Crippen LogP contribution >= 0.6 is 0 Å². The van der Waals surface area contributed by atoms with Crippen molar-refractivity contribution in [3.05, 3.63) is 42.0 Å². The van der Waals surface area contributed by atoms with Gasteiger partial charge in [-0.15, -0.1) is 0 Å². The first-order chi connectivity index (χ1) is 8.86. The highest BCUT2D eigenvalue weighted by molar-refractivity contribution is 5.48. The lowest BCUT2D eigenvalue weighted by Gasteiger charge is -2.17. The highest BCUT2D eigenvalue weighted by atomic mass is 16.3. The van der Waals surface area contributed by atoms with Crippen molar-refractivity contribution in [3.8, 4) is 0 Å². The third kappa shape index (κ3) is 4.28. The van der Waals surface area contributed by atoms with Crippen LogP contribution in [-0.4, -0.2) is 24.3 Å². The maximum Gasteiger partial charge on any atom is 0.0692 e. The Kier molecular flexibility index (Phi) is 5.43. The summed E-state index contributed by atoms with van der Waals surface area (Å²) in [6.07, 6.45) is 9.01. The van der Waals surface area contributed by atoms with Crippen LogP contribution < -0.4 is 5.32 Å². The number of aliphatic hydroxyl groups excluding tert-OH is 1. The smallest absolute Gasteiger partial charge is 0.0692 e. The van der Waals surface area contributed by atoms with Gasteiger partial charge in [0.05, 0.1) is 6.10 Å². The van der Waals surface area contributed by atoms with Crippen LogP contribution in [0.15, 0.2) is 36.4 Å². The van der Waals surface area contributed by atoms with Gasteiger partial charge in [-0.05, 0) is 24.3 Å². The monoisotopic (exact) mass is 245 g/mol. The topological polar surface area (TPSA) is 32.3 Å². The Bertz CT molecular complexity index is 355. The summed E-state index contributed by atoms with van der Waals surface area (Å²) in [6, 6.07) is 10.3. The van der Waals surface area contributed by atoms with Crippen LogP contribution in [0, 0.1) is 5.92 Å². The average Bonchev–Trinajstić information content (AvgIpc) is 2.93. The Labute approximate surface area is 110 Å². The summed E-state index contributed by atoms with van der Waals surface area (Å²) in [7, 11) is 0. The van der Waals surface area contributed by atoms with Crippen LogP contribution in [0.2, 0.25) is 0 Å². The summed E-state index contributed by atoms with van der Waals surface area (Å²) in [6.45, 7) is 1.53. The molecule has 1 aliphatic rings. The Hall–Kier alpha value is -1.12. The van der Waals surface area contributed by atoms with E-state index in [1.807, 2.05) is 18.2 Å². The van der Waals surface area contributed by atoms with Gasteiger partial charge in [-0.25, -0.2) is 0 Å². The van der Waals surface area contributed by atoms with Crippen molar-refractivity contribution in [2.24, 2.45) is 5.92 Å². The molecule has 1 saturated carbocycles. The molecule has 98 valence electrons. The highest BCUT2D eigenvalue weighted by Crippen LogP contribution is 2.27. The van der Waals surface area contributed by atoms with Crippen LogP contribution in [-0.2, 0) is 0 Å². The molecule has 2 N–H and O–H groups in total. The van der Waals surface area contributed by atoms with E-state index in [1.165, 1.54) is 31.2 Å². The number of rotatable bonds is 6. The number of aliphatic hydroxyl groups is 1. The van der Waals surface area contributed by atoms with E-state index in [-0.39, 0.29) is 6.10 Å². The Morgan fingerprint density at radius 1 is 1.22 bits per heavy atom. The first kappa shape index (κ1) is 13.3. The van der Waals surface area contributed by atoms with E-state index in [0.29, 0.717) is 12.5 Å². The van der Waals surface area contributed by atoms with Gasteiger partial charge < -0.3 is 10.4 Å². The normalized spacial score (nSPS) is 18.5. The molecule has 1 aromatic rings. The van der Waals surface area contributed by atoms with Crippen molar-refractivity contribution in [1.82, 2.24) is 5.32 Å². The van der Waals surface area contributed by atoms with Crippen LogP contribution in [0.25, 0.3) is 6.08 Å². The minimum absolute atomic E-state index is 0.169. The molecule has 1 aromatic carbocycles. The Balaban J connectivity index is 1.62. The number of hydrogen-bond acceptors (Lipinski definition) is 2. The molecular weight excluding hydrogens is 222 g/mol. The molecule has 0 spiro atoms. The number of nitrogens with one attached hydrogen (secondary N) is 1. The quantitative estimate of drug-likeness (QED) is 0.755. The fraction of sp³-hybridized carbons (Fsp3) is 0.500. The first-order valence-corrected chi connectivity index (χ1v) is 6.96. The van der Waals surface area contributed by atoms with Crippen LogP contribution in [0.3, 0.4) is 0 Å². The minimum Gasteiger partial charge on any atom is -0.392 e. The van der Waals surface area contributed by atoms with Crippen LogP contribution in [0.4, 0.5) is 0 Å². The Morgan fingerprint density at radius 3 is 2.67 bits per heavy atom. The molecule has 2 heteroatoms. The zero-order valence-electron chi connectivity index (χ0n) is 10.9. The molecule has 0 aromatic heterocycles. The average molecular weight is 245 g/mol. The summed E-state index contributed by atoms with van der Waals surface area (Å²) in [5.41, 5.74) is 1.22. The molecule has 1 aliphatic carbocycles. The van der Waals surface area contributed by atoms with Gasteiger partial charge >= 0.3 is 0 Å². The standard InChI is InChI=1S/C16H23NO/c18-16(15-10-4-5-11-15)13-17-12-6-9-14-7-2-1-3-8-14/h1-3,6-9,15-18H,4-5,10-13H2. The van der Waals surface area contributed by atoms with Crippen LogP contribution in [0.5, 0.6) is 0 Å². The van der Waals surface area contributed by atoms with Gasteiger partial charge in [0, 0.05) is 13.1 Å². The highest BCUT2D eigenvalue weighted by Gasteiger charge is 2.22. The van der Waals surface area contributed by atoms with E-state index in [0.717, 1.165) is 6.54 Å². The molecular formula is C16H23NO. The maximum absolute atomic E-state index is 9.98. The molecule has 1 atom stereocenters. The van der Waals surface area contributed by atoms with Crippen molar-refractivity contribution < 1.29 is 5.11 Å². The lowest BCUT2D eigenvalue weighted by atomic mass is 10.0. The third-order valence-corrected chi connectivity index (χ3v) is 3.67. The Morgan fingerprint density at radius 2 is 1.94 bits per heavy atom. The summed E-state index contributed by atoms with van der Waals surface area (Å²) in [5.74, 6) is 0.524. The second-order valence-electron chi connectivity index (χ2n) is 5.08. The van der Waals surface area contributed by atoms with Crippen molar-refractivity contribution in [2.45, 2.75) is 31.8 Å². The zero-order chi connectivity index (χ0) is 12.6. The van der Waals surface area contributed by atoms with Crippen molar-refractivity contribution in [1.29, 1.82) is 0 Å². The van der Waals surface area contributed by atoms with Crippen LogP contribution in [0.1, 0.15) is 31.2 Å². The lowest BCUT2D eigenvalue weighted by Crippen LogP contribution is -2.31. The van der Waals surface area contributed by atoms with E-state index in [4.69, 9.17) is 0 Å². The fourth-order valence-corrected chi connectivity index (χ4v) is 2.58. The fourth-order valence-electron chi connectivity index (χ4n) is 2.58. The van der Waals surface area contributed by atoms with E-state index < -0.39 is 0 Å². The molecule has 1 fully saturated rings. The van der Waals surface area contributed by atoms with Gasteiger partial charge in [0.25, 0.3) is 0 Å². The van der Waals surface area contributed by atoms with Gasteiger partial charge in [0.15, 0.2) is 0 Å². The molecule has 18 heavy (non-hydrogen) atoms. The number of hydrogen-bond donors (Lipinski definition) is 2. The van der Waals surface area contributed by atoms with E-state index in [9.17, 15) is 5.11 Å². The molecule has 0 radical (unpaired) electrons. The lowest BCUT2D eigenvalue weighted by molar-refractivity contribution is 0.110. The molecule has 0 amide bonds. The molecule has 0 saturated heterocycles. The van der Waals surface area contributed by atoms with Gasteiger partial charge in [0.1, 0.15) is 0 Å². The molecule has 0 heterocycles. The summed E-state index contributed by atoms with van der Waals surface area (Å²) < 4.78 is 0. The van der Waals surface area contributed by atoms with E-state index in [2.05, 4.69) is 29.6 Å². The molecule has 2 rings (SSSR count). The first-order valence-electron chi connectivity index (χ1n) is 6.96. The predicted octanol–water partition coefficient (Wildman–Crippen LogP) is 2.84. The van der Waals surface area contributed by atoms with Gasteiger partial charge in [0.2, 0.25) is 0 Å². The van der Waals surface area contributed by atoms with E-state index >= 15 is 0 Å². The summed E-state index contributed by atoms with van der Waals surface area (Å²) in [5, 5.41) is 13.3. The molecule has 0 bridgehead atoms. The molecule has 1 unspecified atom stereocenters. The van der Waals surface area contributed by atoms with Crippen molar-refractivity contribution >= 4 is 6.08 Å². The summed E-state index contributed by atoms with van der Waals surface area (Å²) >= 11 is 0.